The molecule has 138 valence electrons. The van der Waals surface area contributed by atoms with Gasteiger partial charge in [-0.25, -0.2) is 14.6 Å². The largest absolute Gasteiger partial charge is 0.478 e. The molecule has 0 unspecified atom stereocenters. The zero-order chi connectivity index (χ0) is 19.5. The van der Waals surface area contributed by atoms with Crippen LogP contribution in [0.2, 0.25) is 0 Å². The summed E-state index contributed by atoms with van der Waals surface area (Å²) in [6.45, 7) is 7.45. The van der Waals surface area contributed by atoms with Crippen molar-refractivity contribution in [2.24, 2.45) is 0 Å². The van der Waals surface area contributed by atoms with Gasteiger partial charge in [0.25, 0.3) is 0 Å². The van der Waals surface area contributed by atoms with Crippen molar-refractivity contribution in [3.05, 3.63) is 29.6 Å². The molecule has 0 radical (unpaired) electrons. The maximum atomic E-state index is 12.6. The van der Waals surface area contributed by atoms with Crippen LogP contribution in [-0.4, -0.2) is 44.2 Å². The van der Waals surface area contributed by atoms with E-state index in [9.17, 15) is 14.7 Å². The number of terminal acetylenes is 1. The molecule has 0 aliphatic heterocycles. The zero-order valence-electron chi connectivity index (χ0n) is 15.4. The molecule has 0 aliphatic carbocycles. The second kappa shape index (κ2) is 7.48. The smallest absolute Gasteiger partial charge is 0.410 e. The Morgan fingerprint density at radius 2 is 2.12 bits per heavy atom. The van der Waals surface area contributed by atoms with Gasteiger partial charge in [0, 0.05) is 13.0 Å². The quantitative estimate of drug-likeness (QED) is 0.798. The van der Waals surface area contributed by atoms with E-state index in [4.69, 9.17) is 11.2 Å². The average molecular weight is 357 g/mol. The molecule has 1 heterocycles. The summed E-state index contributed by atoms with van der Waals surface area (Å²) >= 11 is 0. The molecule has 1 atom stereocenters. The molecular weight excluding hydrogens is 334 g/mol. The highest BCUT2D eigenvalue weighted by Gasteiger charge is 2.28. The third kappa shape index (κ3) is 4.33. The maximum absolute atomic E-state index is 12.6. The zero-order valence-corrected chi connectivity index (χ0v) is 15.4. The number of para-hydroxylation sites is 1. The van der Waals surface area contributed by atoms with E-state index >= 15 is 0 Å². The van der Waals surface area contributed by atoms with Crippen molar-refractivity contribution in [3.63, 3.8) is 0 Å². The first-order valence-electron chi connectivity index (χ1n) is 8.29. The normalized spacial score (nSPS) is 12.4. The third-order valence-electron chi connectivity index (χ3n) is 3.75. The van der Waals surface area contributed by atoms with Gasteiger partial charge in [-0.05, 0) is 39.8 Å². The molecule has 7 nitrogen and oxygen atoms in total. The number of carboxylic acid groups (broad SMARTS) is 1. The summed E-state index contributed by atoms with van der Waals surface area (Å²) in [5, 5.41) is 9.31. The lowest BCUT2D eigenvalue weighted by Crippen LogP contribution is -2.39. The number of aromatic carboxylic acids is 1. The van der Waals surface area contributed by atoms with Crippen molar-refractivity contribution in [3.8, 4) is 12.3 Å². The predicted octanol–water partition coefficient (Wildman–Crippen LogP) is 3.58. The van der Waals surface area contributed by atoms with Crippen LogP contribution in [0.15, 0.2) is 18.2 Å². The Balaban J connectivity index is 2.38. The Labute approximate surface area is 152 Å². The second-order valence-electron chi connectivity index (χ2n) is 6.93. The number of imidazole rings is 1. The number of carbonyl (C=O) groups is 2. The SMILES string of the molecule is C#CCCN(C(=O)OC(C)(C)C)[C@@H](C)c1nc2c(C(=O)O)cccc2[nH]1. The molecule has 0 bridgehead atoms. The molecule has 2 aromatic rings. The summed E-state index contributed by atoms with van der Waals surface area (Å²) in [4.78, 5) is 32.9. The first-order valence-corrected chi connectivity index (χ1v) is 8.29. The summed E-state index contributed by atoms with van der Waals surface area (Å²) in [5.41, 5.74) is 0.399. The van der Waals surface area contributed by atoms with Gasteiger partial charge in [-0.1, -0.05) is 6.07 Å². The van der Waals surface area contributed by atoms with Crippen molar-refractivity contribution in [2.45, 2.75) is 45.8 Å². The number of carboxylic acids is 1. The molecule has 7 heteroatoms. The number of carbonyl (C=O) groups excluding carboxylic acids is 1. The molecule has 26 heavy (non-hydrogen) atoms. The minimum absolute atomic E-state index is 0.102. The van der Waals surface area contributed by atoms with Gasteiger partial charge in [-0.3, -0.25) is 4.90 Å². The van der Waals surface area contributed by atoms with E-state index in [0.29, 0.717) is 29.8 Å². The fourth-order valence-corrected chi connectivity index (χ4v) is 2.52. The Kier molecular flexibility index (Phi) is 5.56. The van der Waals surface area contributed by atoms with Gasteiger partial charge in [0.05, 0.1) is 17.1 Å². The molecule has 2 rings (SSSR count). The lowest BCUT2D eigenvalue weighted by Gasteiger charge is -2.30. The molecule has 0 saturated heterocycles. The fraction of sp³-hybridized carbons (Fsp3) is 0.421. The number of aromatic nitrogens is 2. The van der Waals surface area contributed by atoms with Gasteiger partial charge >= 0.3 is 12.1 Å². The highest BCUT2D eigenvalue weighted by atomic mass is 16.6. The van der Waals surface area contributed by atoms with Gasteiger partial charge in [0.1, 0.15) is 16.9 Å². The van der Waals surface area contributed by atoms with Crippen molar-refractivity contribution in [1.82, 2.24) is 14.9 Å². The van der Waals surface area contributed by atoms with Crippen LogP contribution in [-0.2, 0) is 4.74 Å². The summed E-state index contributed by atoms with van der Waals surface area (Å²) in [6.07, 6.45) is 5.20. The number of benzene rings is 1. The standard InChI is InChI=1S/C19H23N3O4/c1-6-7-11-22(18(25)26-19(3,4)5)12(2)16-20-14-10-8-9-13(17(23)24)15(14)21-16/h1,8-10,12H,7,11H2,2-5H3,(H,20,21)(H,23,24)/t12-/m0/s1. The fourth-order valence-electron chi connectivity index (χ4n) is 2.52. The molecule has 0 fully saturated rings. The third-order valence-corrected chi connectivity index (χ3v) is 3.75. The van der Waals surface area contributed by atoms with Crippen molar-refractivity contribution in [1.29, 1.82) is 0 Å². The van der Waals surface area contributed by atoms with E-state index in [0.717, 1.165) is 0 Å². The Hall–Kier alpha value is -3.01. The number of aromatic amines is 1. The Morgan fingerprint density at radius 3 is 2.69 bits per heavy atom. The summed E-state index contributed by atoms with van der Waals surface area (Å²) in [5.74, 6) is 1.93. The van der Waals surface area contributed by atoms with Crippen LogP contribution in [0.1, 0.15) is 56.3 Å². The minimum atomic E-state index is -1.06. The van der Waals surface area contributed by atoms with Crippen LogP contribution < -0.4 is 0 Å². The predicted molar refractivity (Wildman–Crippen MR) is 97.9 cm³/mol. The number of H-pyrrole nitrogens is 1. The molecule has 1 amide bonds. The highest BCUT2D eigenvalue weighted by molar-refractivity contribution is 6.00. The molecular formula is C19H23N3O4. The lowest BCUT2D eigenvalue weighted by molar-refractivity contribution is 0.0171. The van der Waals surface area contributed by atoms with Gasteiger partial charge in [0.2, 0.25) is 0 Å². The van der Waals surface area contributed by atoms with Crippen molar-refractivity contribution in [2.75, 3.05) is 6.54 Å². The van der Waals surface area contributed by atoms with Gasteiger partial charge in [-0.2, -0.15) is 0 Å². The first kappa shape index (κ1) is 19.3. The second-order valence-corrected chi connectivity index (χ2v) is 6.93. The number of hydrogen-bond donors (Lipinski definition) is 2. The van der Waals surface area contributed by atoms with Gasteiger partial charge in [-0.15, -0.1) is 12.3 Å². The number of nitrogens with zero attached hydrogens (tertiary/aromatic N) is 2. The number of hydrogen-bond acceptors (Lipinski definition) is 4. The molecule has 2 N–H and O–H groups in total. The molecule has 1 aromatic heterocycles. The van der Waals surface area contributed by atoms with E-state index in [1.54, 1.807) is 39.8 Å². The van der Waals surface area contributed by atoms with Gasteiger partial charge in [0.15, 0.2) is 0 Å². The van der Waals surface area contributed by atoms with Crippen LogP contribution in [0.3, 0.4) is 0 Å². The van der Waals surface area contributed by atoms with Crippen molar-refractivity contribution < 1.29 is 19.4 Å². The summed E-state index contributed by atoms with van der Waals surface area (Å²) in [6, 6.07) is 4.41. The Morgan fingerprint density at radius 1 is 1.42 bits per heavy atom. The summed E-state index contributed by atoms with van der Waals surface area (Å²) < 4.78 is 5.46. The van der Waals surface area contributed by atoms with E-state index in [1.807, 2.05) is 0 Å². The first-order chi connectivity index (χ1) is 12.1. The maximum Gasteiger partial charge on any atom is 0.410 e. The van der Waals surface area contributed by atoms with Crippen LogP contribution in [0.25, 0.3) is 11.0 Å². The molecule has 0 saturated carbocycles. The van der Waals surface area contributed by atoms with Crippen LogP contribution in [0.5, 0.6) is 0 Å². The van der Waals surface area contributed by atoms with E-state index in [-0.39, 0.29) is 5.56 Å². The molecule has 0 spiro atoms. The number of nitrogens with one attached hydrogen (secondary N) is 1. The van der Waals surface area contributed by atoms with E-state index in [1.165, 1.54) is 11.0 Å². The Bertz CT molecular complexity index is 858. The van der Waals surface area contributed by atoms with Gasteiger partial charge < -0.3 is 14.8 Å². The number of fused-ring (bicyclic) bond motifs is 1. The van der Waals surface area contributed by atoms with Crippen molar-refractivity contribution >= 4 is 23.1 Å². The van der Waals surface area contributed by atoms with E-state index in [2.05, 4.69) is 15.9 Å². The monoisotopic (exact) mass is 357 g/mol. The molecule has 1 aromatic carbocycles. The highest BCUT2D eigenvalue weighted by Crippen LogP contribution is 2.25. The topological polar surface area (TPSA) is 95.5 Å². The lowest BCUT2D eigenvalue weighted by atomic mass is 10.2. The molecule has 0 aliphatic rings. The average Bonchev–Trinajstić information content (AvgIpc) is 2.97. The van der Waals surface area contributed by atoms with Crippen LogP contribution in [0, 0.1) is 12.3 Å². The summed E-state index contributed by atoms with van der Waals surface area (Å²) in [7, 11) is 0. The number of ether oxygens (including phenoxy) is 1. The van der Waals surface area contributed by atoms with Crippen LogP contribution in [0.4, 0.5) is 4.79 Å². The minimum Gasteiger partial charge on any atom is -0.478 e. The van der Waals surface area contributed by atoms with Crippen LogP contribution >= 0.6 is 0 Å². The number of rotatable bonds is 5. The number of amides is 1. The van der Waals surface area contributed by atoms with E-state index < -0.39 is 23.7 Å².